The van der Waals surface area contributed by atoms with Crippen molar-refractivity contribution >= 4 is 36.1 Å². The number of para-hydroxylation sites is 2. The molecule has 0 saturated heterocycles. The number of pyridine rings is 1. The molecule has 3 aromatic rings. The molecule has 3 heterocycles. The van der Waals surface area contributed by atoms with Gasteiger partial charge in [-0.3, -0.25) is 0 Å². The van der Waals surface area contributed by atoms with E-state index in [9.17, 15) is 0 Å². The van der Waals surface area contributed by atoms with Gasteiger partial charge in [0.15, 0.2) is 5.82 Å². The number of anilines is 4. The Morgan fingerprint density at radius 3 is 2.33 bits per heavy atom. The zero-order valence-electron chi connectivity index (χ0n) is 18.2. The molecule has 0 radical (unpaired) electrons. The van der Waals surface area contributed by atoms with E-state index < -0.39 is 8.07 Å². The van der Waals surface area contributed by atoms with Crippen molar-refractivity contribution in [2.45, 2.75) is 38.6 Å². The minimum atomic E-state index is -1.49. The van der Waals surface area contributed by atoms with Crippen molar-refractivity contribution in [3.63, 3.8) is 0 Å². The second-order valence-electron chi connectivity index (χ2n) is 9.49. The SMILES string of the molecule is C=CC1c2ccccc2N2c3ncc([Si](C)(C)C)cc3N(c3ccccc3)C2C1C. The van der Waals surface area contributed by atoms with E-state index in [4.69, 9.17) is 4.98 Å². The summed E-state index contributed by atoms with van der Waals surface area (Å²) in [5.74, 6) is 1.73. The Bertz CT molecular complexity index is 1100. The fourth-order valence-electron chi connectivity index (χ4n) is 5.01. The second kappa shape index (κ2) is 6.85. The molecule has 3 nitrogen and oxygen atoms in total. The van der Waals surface area contributed by atoms with Crippen LogP contribution < -0.4 is 15.0 Å². The van der Waals surface area contributed by atoms with Crippen molar-refractivity contribution in [1.82, 2.24) is 4.98 Å². The van der Waals surface area contributed by atoms with Crippen molar-refractivity contribution in [2.24, 2.45) is 5.92 Å². The minimum absolute atomic E-state index is 0.171. The van der Waals surface area contributed by atoms with Gasteiger partial charge >= 0.3 is 0 Å². The molecule has 2 aliphatic rings. The molecule has 4 heteroatoms. The third-order valence-electron chi connectivity index (χ3n) is 6.61. The van der Waals surface area contributed by atoms with Crippen LogP contribution in [0.25, 0.3) is 0 Å². The van der Waals surface area contributed by atoms with Crippen LogP contribution in [0.1, 0.15) is 18.4 Å². The number of allylic oxidation sites excluding steroid dienone is 1. The van der Waals surface area contributed by atoms with Crippen LogP contribution in [0.3, 0.4) is 0 Å². The zero-order valence-corrected chi connectivity index (χ0v) is 19.2. The van der Waals surface area contributed by atoms with Gasteiger partial charge in [-0.1, -0.05) is 69.0 Å². The Morgan fingerprint density at radius 1 is 0.933 bits per heavy atom. The van der Waals surface area contributed by atoms with Gasteiger partial charge < -0.3 is 9.80 Å². The standard InChI is InChI=1S/C26H29N3Si/c1-6-21-18(2)26-28(19-12-8-7-9-13-19)24-16-20(30(3,4)5)17-27-25(24)29(26)23-15-11-10-14-22(21)23/h6-18,21,26H,1H2,2-5H3. The maximum absolute atomic E-state index is 5.06. The van der Waals surface area contributed by atoms with E-state index in [1.54, 1.807) is 0 Å². The molecule has 3 unspecified atom stereocenters. The fraction of sp³-hybridized carbons (Fsp3) is 0.269. The Morgan fingerprint density at radius 2 is 1.63 bits per heavy atom. The summed E-state index contributed by atoms with van der Waals surface area (Å²) < 4.78 is 0. The van der Waals surface area contributed by atoms with Gasteiger partial charge in [-0.05, 0) is 35.0 Å². The summed E-state index contributed by atoms with van der Waals surface area (Å²) in [6.45, 7) is 13.7. The smallest absolute Gasteiger partial charge is 0.158 e. The van der Waals surface area contributed by atoms with Crippen LogP contribution in [0.5, 0.6) is 0 Å². The lowest BCUT2D eigenvalue weighted by molar-refractivity contribution is 0.409. The van der Waals surface area contributed by atoms with Gasteiger partial charge in [0.25, 0.3) is 0 Å². The number of aromatic nitrogens is 1. The Kier molecular flexibility index (Phi) is 4.37. The van der Waals surface area contributed by atoms with Crippen LogP contribution in [0.2, 0.25) is 19.6 Å². The lowest BCUT2D eigenvalue weighted by atomic mass is 9.80. The Balaban J connectivity index is 1.79. The van der Waals surface area contributed by atoms with Crippen molar-refractivity contribution in [1.29, 1.82) is 0 Å². The summed E-state index contributed by atoms with van der Waals surface area (Å²) in [4.78, 5) is 10.0. The first-order valence-electron chi connectivity index (χ1n) is 10.8. The van der Waals surface area contributed by atoms with Gasteiger partial charge in [-0.2, -0.15) is 0 Å². The highest BCUT2D eigenvalue weighted by Crippen LogP contribution is 2.55. The number of fused-ring (bicyclic) bond motifs is 5. The molecule has 3 atom stereocenters. The highest BCUT2D eigenvalue weighted by molar-refractivity contribution is 6.88. The van der Waals surface area contributed by atoms with Crippen molar-refractivity contribution < 1.29 is 0 Å². The quantitative estimate of drug-likeness (QED) is 0.380. The lowest BCUT2D eigenvalue weighted by Gasteiger charge is -2.44. The molecule has 0 fully saturated rings. The maximum Gasteiger partial charge on any atom is 0.158 e. The van der Waals surface area contributed by atoms with Gasteiger partial charge in [0.1, 0.15) is 6.17 Å². The van der Waals surface area contributed by atoms with Gasteiger partial charge in [0, 0.05) is 29.4 Å². The topological polar surface area (TPSA) is 19.4 Å². The number of benzene rings is 2. The van der Waals surface area contributed by atoms with E-state index in [1.807, 2.05) is 0 Å². The number of hydrogen-bond acceptors (Lipinski definition) is 3. The summed E-state index contributed by atoms with van der Waals surface area (Å²) in [6.07, 6.45) is 4.40. The predicted molar refractivity (Wildman–Crippen MR) is 130 cm³/mol. The van der Waals surface area contributed by atoms with Crippen LogP contribution in [0.15, 0.2) is 79.5 Å². The normalized spacial score (nSPS) is 22.3. The average molecular weight is 412 g/mol. The minimum Gasteiger partial charge on any atom is -0.317 e. The van der Waals surface area contributed by atoms with Crippen LogP contribution in [0.4, 0.5) is 22.9 Å². The van der Waals surface area contributed by atoms with E-state index in [1.165, 1.54) is 27.8 Å². The van der Waals surface area contributed by atoms with Crippen LogP contribution in [-0.4, -0.2) is 19.2 Å². The molecule has 0 bridgehead atoms. The maximum atomic E-state index is 5.06. The summed E-state index contributed by atoms with van der Waals surface area (Å²) in [7, 11) is -1.49. The lowest BCUT2D eigenvalue weighted by Crippen LogP contribution is -2.48. The molecule has 0 aliphatic carbocycles. The number of hydrogen-bond donors (Lipinski definition) is 0. The van der Waals surface area contributed by atoms with Gasteiger partial charge in [-0.25, -0.2) is 4.98 Å². The number of nitrogens with zero attached hydrogens (tertiary/aromatic N) is 3. The highest BCUT2D eigenvalue weighted by Gasteiger charge is 2.48. The Hall–Kier alpha value is -2.85. The zero-order chi connectivity index (χ0) is 21.0. The molecule has 2 aliphatic heterocycles. The van der Waals surface area contributed by atoms with E-state index >= 15 is 0 Å². The molecule has 1 aromatic heterocycles. The van der Waals surface area contributed by atoms with E-state index in [0.29, 0.717) is 11.8 Å². The van der Waals surface area contributed by atoms with Crippen molar-refractivity contribution in [3.05, 3.63) is 85.1 Å². The summed E-state index contributed by atoms with van der Waals surface area (Å²) in [5, 5.41) is 1.39. The Labute approximate surface area is 180 Å². The summed E-state index contributed by atoms with van der Waals surface area (Å²) >= 11 is 0. The van der Waals surface area contributed by atoms with Gasteiger partial charge in [0.05, 0.1) is 13.8 Å². The molecule has 0 N–H and O–H groups in total. The first kappa shape index (κ1) is 19.1. The molecular formula is C26H29N3Si. The third kappa shape index (κ3) is 2.74. The van der Waals surface area contributed by atoms with E-state index in [-0.39, 0.29) is 6.17 Å². The highest BCUT2D eigenvalue weighted by atomic mass is 28.3. The molecule has 30 heavy (non-hydrogen) atoms. The first-order chi connectivity index (χ1) is 14.4. The molecular weight excluding hydrogens is 382 g/mol. The largest absolute Gasteiger partial charge is 0.317 e. The molecule has 2 aromatic carbocycles. The van der Waals surface area contributed by atoms with Crippen molar-refractivity contribution in [2.75, 3.05) is 9.80 Å². The second-order valence-corrected chi connectivity index (χ2v) is 14.6. The monoisotopic (exact) mass is 411 g/mol. The van der Waals surface area contributed by atoms with E-state index in [0.717, 1.165) is 5.82 Å². The molecule has 5 rings (SSSR count). The fourth-order valence-corrected chi connectivity index (χ4v) is 6.03. The number of rotatable bonds is 3. The predicted octanol–water partition coefficient (Wildman–Crippen LogP) is 6.16. The molecule has 152 valence electrons. The summed E-state index contributed by atoms with van der Waals surface area (Å²) in [5.41, 5.74) is 5.03. The first-order valence-corrected chi connectivity index (χ1v) is 14.3. The van der Waals surface area contributed by atoms with Crippen LogP contribution in [-0.2, 0) is 0 Å². The van der Waals surface area contributed by atoms with Crippen LogP contribution in [0, 0.1) is 5.92 Å². The molecule has 0 spiro atoms. The van der Waals surface area contributed by atoms with Gasteiger partial charge in [0.2, 0.25) is 0 Å². The molecule has 0 amide bonds. The van der Waals surface area contributed by atoms with Crippen LogP contribution >= 0.6 is 0 Å². The average Bonchev–Trinajstić information content (AvgIpc) is 3.09. The van der Waals surface area contributed by atoms with Gasteiger partial charge in [-0.15, -0.1) is 6.58 Å². The third-order valence-corrected chi connectivity index (χ3v) is 8.62. The van der Waals surface area contributed by atoms with Crippen molar-refractivity contribution in [3.8, 4) is 0 Å². The van der Waals surface area contributed by atoms with E-state index in [2.05, 4.69) is 116 Å². The summed E-state index contributed by atoms with van der Waals surface area (Å²) in [6, 6.07) is 21.9. The molecule has 0 saturated carbocycles.